The molecule has 150 valence electrons. The summed E-state index contributed by atoms with van der Waals surface area (Å²) in [6.07, 6.45) is 2.66. The van der Waals surface area contributed by atoms with Crippen LogP contribution in [-0.4, -0.2) is 89.2 Å². The summed E-state index contributed by atoms with van der Waals surface area (Å²) < 4.78 is 1.19. The lowest BCUT2D eigenvalue weighted by atomic mass is 10.0. The molecule has 1 aromatic carbocycles. The molecule has 3 rings (SSSR count). The molecule has 0 radical (unpaired) electrons. The van der Waals surface area contributed by atoms with E-state index >= 15 is 0 Å². The number of piperazine rings is 1. The Balaban J connectivity index is 0.000000380. The quantitative estimate of drug-likeness (QED) is 0.691. The van der Waals surface area contributed by atoms with Crippen molar-refractivity contribution in [2.45, 2.75) is 25.4 Å². The Kier molecular flexibility index (Phi) is 8.69. The number of halogens is 1. The van der Waals surface area contributed by atoms with Gasteiger partial charge in [0.2, 0.25) is 0 Å². The summed E-state index contributed by atoms with van der Waals surface area (Å²) in [5.41, 5.74) is 1.42. The summed E-state index contributed by atoms with van der Waals surface area (Å²) in [5, 5.41) is 14.8. The number of rotatable bonds is 3. The van der Waals surface area contributed by atoms with Gasteiger partial charge in [0, 0.05) is 43.2 Å². The molecule has 0 saturated carbocycles. The van der Waals surface area contributed by atoms with Crippen LogP contribution in [-0.2, 0) is 16.1 Å². The van der Waals surface area contributed by atoms with Crippen molar-refractivity contribution in [3.8, 4) is 0 Å². The molecular weight excluding hydrogens is 414 g/mol. The zero-order valence-corrected chi connectivity index (χ0v) is 17.3. The Morgan fingerprint density at radius 2 is 1.63 bits per heavy atom. The van der Waals surface area contributed by atoms with Crippen LogP contribution < -0.4 is 0 Å². The smallest absolute Gasteiger partial charge is 0.414 e. The molecule has 2 fully saturated rings. The van der Waals surface area contributed by atoms with Gasteiger partial charge in [-0.2, -0.15) is 0 Å². The highest BCUT2D eigenvalue weighted by atomic mass is 79.9. The zero-order chi connectivity index (χ0) is 19.8. The van der Waals surface area contributed by atoms with Gasteiger partial charge in [-0.15, -0.1) is 0 Å². The molecule has 2 heterocycles. The molecule has 8 heteroatoms. The van der Waals surface area contributed by atoms with E-state index in [2.05, 4.69) is 61.9 Å². The minimum atomic E-state index is -1.82. The fraction of sp³-hybridized carbons (Fsp3) is 0.579. The number of aliphatic carboxylic acids is 2. The molecule has 0 aliphatic carbocycles. The summed E-state index contributed by atoms with van der Waals surface area (Å²) >= 11 is 3.56. The Hall–Kier alpha value is -1.48. The fourth-order valence-electron chi connectivity index (χ4n) is 3.52. The molecule has 2 aliphatic rings. The molecule has 0 unspecified atom stereocenters. The lowest BCUT2D eigenvalue weighted by Gasteiger charge is -2.42. The van der Waals surface area contributed by atoms with Crippen molar-refractivity contribution in [1.82, 2.24) is 14.7 Å². The summed E-state index contributed by atoms with van der Waals surface area (Å²) in [7, 11) is 2.23. The maximum Gasteiger partial charge on any atom is 0.414 e. The highest BCUT2D eigenvalue weighted by Gasteiger charge is 2.26. The summed E-state index contributed by atoms with van der Waals surface area (Å²) in [5.74, 6) is -3.65. The van der Waals surface area contributed by atoms with Crippen molar-refractivity contribution in [1.29, 1.82) is 0 Å². The molecule has 2 saturated heterocycles. The highest BCUT2D eigenvalue weighted by molar-refractivity contribution is 9.10. The summed E-state index contributed by atoms with van der Waals surface area (Å²) in [6, 6.07) is 9.53. The third-order valence-corrected chi connectivity index (χ3v) is 5.58. The fourth-order valence-corrected chi connectivity index (χ4v) is 3.97. The summed E-state index contributed by atoms with van der Waals surface area (Å²) in [4.78, 5) is 26.0. The lowest BCUT2D eigenvalue weighted by molar-refractivity contribution is -0.159. The number of carboxylic acid groups (broad SMARTS) is 2. The third-order valence-electron chi connectivity index (χ3n) is 5.09. The first kappa shape index (κ1) is 21.8. The van der Waals surface area contributed by atoms with Gasteiger partial charge in [-0.1, -0.05) is 28.1 Å². The Morgan fingerprint density at radius 1 is 1.04 bits per heavy atom. The third kappa shape index (κ3) is 7.57. The standard InChI is InChI=1S/C17H26BrN3.C2H2O4/c1-19-9-11-21(12-10-19)17-5-7-20(8-6-17)14-15-3-2-4-16(18)13-15;3-1(4)2(5)6/h2-4,13,17H,5-12,14H2,1H3;(H,3,4)(H,5,6). The van der Waals surface area contributed by atoms with Gasteiger partial charge < -0.3 is 15.1 Å². The molecule has 0 spiro atoms. The SMILES string of the molecule is CN1CCN(C2CCN(Cc3cccc(Br)c3)CC2)CC1.O=C(O)C(=O)O. The Morgan fingerprint density at radius 3 is 2.15 bits per heavy atom. The van der Waals surface area contributed by atoms with Crippen molar-refractivity contribution in [3.05, 3.63) is 34.3 Å². The molecule has 2 N–H and O–H groups in total. The molecular formula is C19H28BrN3O4. The minimum absolute atomic E-state index is 0.817. The van der Waals surface area contributed by atoms with Gasteiger partial charge >= 0.3 is 11.9 Å². The predicted molar refractivity (Wildman–Crippen MR) is 107 cm³/mol. The van der Waals surface area contributed by atoms with E-state index in [-0.39, 0.29) is 0 Å². The Labute approximate surface area is 168 Å². The number of benzene rings is 1. The maximum atomic E-state index is 9.10. The first-order valence-electron chi connectivity index (χ1n) is 9.20. The number of piperidine rings is 1. The molecule has 0 atom stereocenters. The van der Waals surface area contributed by atoms with Crippen LogP contribution in [0.15, 0.2) is 28.7 Å². The van der Waals surface area contributed by atoms with Crippen LogP contribution in [0.3, 0.4) is 0 Å². The second-order valence-corrected chi connectivity index (χ2v) is 8.00. The van der Waals surface area contributed by atoms with Crippen LogP contribution in [0.1, 0.15) is 18.4 Å². The molecule has 2 aliphatic heterocycles. The molecule has 0 bridgehead atoms. The van der Waals surface area contributed by atoms with Crippen LogP contribution in [0.25, 0.3) is 0 Å². The van der Waals surface area contributed by atoms with Crippen molar-refractivity contribution in [2.24, 2.45) is 0 Å². The predicted octanol–water partition coefficient (Wildman–Crippen LogP) is 1.82. The molecule has 27 heavy (non-hydrogen) atoms. The molecule has 0 amide bonds. The number of carbonyl (C=O) groups is 2. The van der Waals surface area contributed by atoms with Crippen LogP contribution in [0.2, 0.25) is 0 Å². The van der Waals surface area contributed by atoms with Crippen molar-refractivity contribution < 1.29 is 19.8 Å². The van der Waals surface area contributed by atoms with E-state index < -0.39 is 11.9 Å². The number of hydrogen-bond acceptors (Lipinski definition) is 5. The van der Waals surface area contributed by atoms with Gasteiger partial charge in [0.05, 0.1) is 0 Å². The van der Waals surface area contributed by atoms with Gasteiger partial charge in [0.15, 0.2) is 0 Å². The largest absolute Gasteiger partial charge is 0.473 e. The van der Waals surface area contributed by atoms with Crippen molar-refractivity contribution >= 4 is 27.9 Å². The number of hydrogen-bond donors (Lipinski definition) is 2. The van der Waals surface area contributed by atoms with E-state index in [9.17, 15) is 0 Å². The van der Waals surface area contributed by atoms with E-state index in [1.54, 1.807) is 0 Å². The van der Waals surface area contributed by atoms with Crippen LogP contribution in [0.5, 0.6) is 0 Å². The van der Waals surface area contributed by atoms with E-state index in [1.807, 2.05) is 0 Å². The van der Waals surface area contributed by atoms with Gasteiger partial charge in [-0.05, 0) is 50.7 Å². The molecule has 1 aromatic rings. The average molecular weight is 442 g/mol. The first-order chi connectivity index (χ1) is 12.8. The van der Waals surface area contributed by atoms with Gasteiger partial charge in [0.25, 0.3) is 0 Å². The normalized spacial score (nSPS) is 19.9. The molecule has 7 nitrogen and oxygen atoms in total. The second kappa shape index (κ2) is 10.8. The summed E-state index contributed by atoms with van der Waals surface area (Å²) in [6.45, 7) is 8.55. The van der Waals surface area contributed by atoms with Gasteiger partial charge in [0.1, 0.15) is 0 Å². The lowest BCUT2D eigenvalue weighted by Crippen LogP contribution is -2.52. The van der Waals surface area contributed by atoms with Gasteiger partial charge in [-0.25, -0.2) is 9.59 Å². The van der Waals surface area contributed by atoms with Crippen LogP contribution >= 0.6 is 15.9 Å². The second-order valence-electron chi connectivity index (χ2n) is 7.09. The van der Waals surface area contributed by atoms with Gasteiger partial charge in [-0.3, -0.25) is 9.80 Å². The Bertz CT molecular complexity index is 615. The average Bonchev–Trinajstić information content (AvgIpc) is 2.64. The van der Waals surface area contributed by atoms with E-state index in [0.717, 1.165) is 12.6 Å². The number of likely N-dealkylation sites (N-methyl/N-ethyl adjacent to an activating group) is 1. The minimum Gasteiger partial charge on any atom is -0.473 e. The highest BCUT2D eigenvalue weighted by Crippen LogP contribution is 2.20. The topological polar surface area (TPSA) is 84.3 Å². The van der Waals surface area contributed by atoms with E-state index in [4.69, 9.17) is 19.8 Å². The monoisotopic (exact) mass is 441 g/mol. The number of carboxylic acids is 2. The first-order valence-corrected chi connectivity index (χ1v) is 10.00. The van der Waals surface area contributed by atoms with Crippen LogP contribution in [0.4, 0.5) is 0 Å². The zero-order valence-electron chi connectivity index (χ0n) is 15.7. The maximum absolute atomic E-state index is 9.10. The van der Waals surface area contributed by atoms with Crippen molar-refractivity contribution in [2.75, 3.05) is 46.3 Å². The number of nitrogens with zero attached hydrogens (tertiary/aromatic N) is 3. The van der Waals surface area contributed by atoms with Crippen LogP contribution in [0, 0.1) is 0 Å². The van der Waals surface area contributed by atoms with E-state index in [1.165, 1.54) is 62.1 Å². The van der Waals surface area contributed by atoms with E-state index in [0.29, 0.717) is 0 Å². The van der Waals surface area contributed by atoms with Crippen molar-refractivity contribution in [3.63, 3.8) is 0 Å². The molecule has 0 aromatic heterocycles. The number of likely N-dealkylation sites (tertiary alicyclic amines) is 1.